The van der Waals surface area contributed by atoms with Crippen LogP contribution in [0, 0.1) is 11.3 Å². The number of hydrogen-bond donors (Lipinski definition) is 0. The maximum atomic E-state index is 12.2. The predicted molar refractivity (Wildman–Crippen MR) is 77.3 cm³/mol. The second-order valence-corrected chi connectivity index (χ2v) is 6.61. The second-order valence-electron chi connectivity index (χ2n) is 4.50. The predicted octanol–water partition coefficient (Wildman–Crippen LogP) is 0.827. The number of hydrogen-bond acceptors (Lipinski definition) is 6. The summed E-state index contributed by atoms with van der Waals surface area (Å²) in [5, 5.41) is 8.79. The molecule has 0 aromatic heterocycles. The van der Waals surface area contributed by atoms with E-state index in [1.165, 1.54) is 18.2 Å². The van der Waals surface area contributed by atoms with Crippen molar-refractivity contribution in [2.75, 3.05) is 32.5 Å². The van der Waals surface area contributed by atoms with E-state index < -0.39 is 9.84 Å². The SMILES string of the molecule is CCOC(=O)CN(C)CCS(=O)(=O)c1cccc(C#N)c1. The van der Waals surface area contributed by atoms with Gasteiger partial charge in [-0.3, -0.25) is 9.69 Å². The van der Waals surface area contributed by atoms with E-state index in [1.807, 2.05) is 6.07 Å². The second kappa shape index (κ2) is 7.76. The van der Waals surface area contributed by atoms with E-state index in [2.05, 4.69) is 0 Å². The average molecular weight is 310 g/mol. The maximum Gasteiger partial charge on any atom is 0.320 e. The summed E-state index contributed by atoms with van der Waals surface area (Å²) in [5.74, 6) is -0.512. The van der Waals surface area contributed by atoms with Gasteiger partial charge in [0, 0.05) is 6.54 Å². The smallest absolute Gasteiger partial charge is 0.320 e. The van der Waals surface area contributed by atoms with Gasteiger partial charge in [-0.15, -0.1) is 0 Å². The standard InChI is InChI=1S/C14H18N2O4S/c1-3-20-14(17)11-16(2)7-8-21(18,19)13-6-4-5-12(9-13)10-15/h4-6,9H,3,7-8,11H2,1-2H3. The van der Waals surface area contributed by atoms with E-state index in [4.69, 9.17) is 10.00 Å². The quantitative estimate of drug-likeness (QED) is 0.693. The van der Waals surface area contributed by atoms with Crippen molar-refractivity contribution in [2.45, 2.75) is 11.8 Å². The van der Waals surface area contributed by atoms with Gasteiger partial charge in [-0.25, -0.2) is 8.42 Å². The number of rotatable bonds is 7. The minimum absolute atomic E-state index is 0.0432. The molecule has 0 radical (unpaired) electrons. The minimum Gasteiger partial charge on any atom is -0.465 e. The highest BCUT2D eigenvalue weighted by Gasteiger charge is 2.17. The van der Waals surface area contributed by atoms with Gasteiger partial charge in [0.2, 0.25) is 0 Å². The van der Waals surface area contributed by atoms with Gasteiger partial charge in [0.25, 0.3) is 0 Å². The fourth-order valence-corrected chi connectivity index (χ4v) is 3.04. The highest BCUT2D eigenvalue weighted by molar-refractivity contribution is 7.91. The zero-order valence-electron chi connectivity index (χ0n) is 12.1. The van der Waals surface area contributed by atoms with Crippen molar-refractivity contribution in [2.24, 2.45) is 0 Å². The number of esters is 1. The largest absolute Gasteiger partial charge is 0.465 e. The molecule has 6 nitrogen and oxygen atoms in total. The molecule has 0 saturated carbocycles. The Balaban J connectivity index is 2.65. The Morgan fingerprint density at radius 1 is 1.43 bits per heavy atom. The first kappa shape index (κ1) is 17.1. The molecule has 0 unspecified atom stereocenters. The number of nitrogens with zero attached hydrogens (tertiary/aromatic N) is 2. The summed E-state index contributed by atoms with van der Waals surface area (Å²) in [6, 6.07) is 7.80. The summed E-state index contributed by atoms with van der Waals surface area (Å²) in [6.45, 7) is 2.26. The Labute approximate surface area is 124 Å². The molecular formula is C14H18N2O4S. The van der Waals surface area contributed by atoms with Crippen LogP contribution in [0.15, 0.2) is 29.2 Å². The lowest BCUT2D eigenvalue weighted by molar-refractivity contribution is -0.144. The number of likely N-dealkylation sites (N-methyl/N-ethyl adjacent to an activating group) is 1. The van der Waals surface area contributed by atoms with Crippen LogP contribution >= 0.6 is 0 Å². The molecule has 0 atom stereocenters. The van der Waals surface area contributed by atoms with Gasteiger partial charge in [0.05, 0.1) is 35.4 Å². The Kier molecular flexibility index (Phi) is 6.34. The van der Waals surface area contributed by atoms with E-state index in [0.717, 1.165) is 0 Å². The van der Waals surface area contributed by atoms with Crippen LogP contribution in [0.25, 0.3) is 0 Å². The summed E-state index contributed by atoms with van der Waals surface area (Å²) in [4.78, 5) is 13.0. The van der Waals surface area contributed by atoms with Crippen molar-refractivity contribution >= 4 is 15.8 Å². The van der Waals surface area contributed by atoms with Crippen LogP contribution in [0.1, 0.15) is 12.5 Å². The monoisotopic (exact) mass is 310 g/mol. The lowest BCUT2D eigenvalue weighted by Gasteiger charge is -2.15. The number of sulfone groups is 1. The first-order chi connectivity index (χ1) is 9.89. The van der Waals surface area contributed by atoms with Crippen LogP contribution in [0.3, 0.4) is 0 Å². The van der Waals surface area contributed by atoms with Gasteiger partial charge >= 0.3 is 5.97 Å². The van der Waals surface area contributed by atoms with Crippen LogP contribution in [0.2, 0.25) is 0 Å². The summed E-state index contributed by atoms with van der Waals surface area (Å²) in [6.07, 6.45) is 0. The first-order valence-corrected chi connectivity index (χ1v) is 8.11. The van der Waals surface area contributed by atoms with Crippen LogP contribution in [-0.2, 0) is 19.4 Å². The van der Waals surface area contributed by atoms with Gasteiger partial charge in [-0.2, -0.15) is 5.26 Å². The molecule has 0 aliphatic carbocycles. The van der Waals surface area contributed by atoms with Crippen LogP contribution < -0.4 is 0 Å². The maximum absolute atomic E-state index is 12.2. The Hall–Kier alpha value is -1.91. The average Bonchev–Trinajstić information content (AvgIpc) is 2.45. The number of ether oxygens (including phenoxy) is 1. The third-order valence-corrected chi connectivity index (χ3v) is 4.46. The summed E-state index contributed by atoms with van der Waals surface area (Å²) in [5.41, 5.74) is 0.302. The molecule has 1 rings (SSSR count). The fourth-order valence-electron chi connectivity index (χ4n) is 1.66. The zero-order chi connectivity index (χ0) is 15.9. The molecule has 0 fully saturated rings. The molecule has 114 valence electrons. The first-order valence-electron chi connectivity index (χ1n) is 6.46. The third-order valence-electron chi connectivity index (χ3n) is 2.77. The molecule has 0 saturated heterocycles. The van der Waals surface area contributed by atoms with Gasteiger partial charge in [0.15, 0.2) is 9.84 Å². The lowest BCUT2D eigenvalue weighted by atomic mass is 10.2. The molecule has 0 amide bonds. The van der Waals surface area contributed by atoms with E-state index in [0.29, 0.717) is 12.2 Å². The number of carbonyl (C=O) groups is 1. The van der Waals surface area contributed by atoms with Gasteiger partial charge in [-0.1, -0.05) is 6.07 Å². The van der Waals surface area contributed by atoms with Crippen molar-refractivity contribution in [1.82, 2.24) is 4.90 Å². The molecule has 0 aliphatic rings. The molecule has 1 aromatic rings. The van der Waals surface area contributed by atoms with Crippen molar-refractivity contribution in [1.29, 1.82) is 5.26 Å². The Morgan fingerprint density at radius 2 is 2.14 bits per heavy atom. The highest BCUT2D eigenvalue weighted by Crippen LogP contribution is 2.13. The van der Waals surface area contributed by atoms with Gasteiger partial charge in [-0.05, 0) is 32.2 Å². The molecule has 0 N–H and O–H groups in total. The van der Waals surface area contributed by atoms with Gasteiger partial charge < -0.3 is 4.74 Å². The summed E-state index contributed by atoms with van der Waals surface area (Å²) < 4.78 is 29.1. The topological polar surface area (TPSA) is 87.5 Å². The van der Waals surface area contributed by atoms with Crippen LogP contribution in [0.4, 0.5) is 0 Å². The van der Waals surface area contributed by atoms with E-state index in [1.54, 1.807) is 24.9 Å². The molecule has 7 heteroatoms. The highest BCUT2D eigenvalue weighted by atomic mass is 32.2. The number of carbonyl (C=O) groups excluding carboxylic acids is 1. The van der Waals surface area contributed by atoms with Crippen molar-refractivity contribution in [3.63, 3.8) is 0 Å². The molecule has 1 aromatic carbocycles. The van der Waals surface area contributed by atoms with Crippen molar-refractivity contribution in [3.05, 3.63) is 29.8 Å². The molecular weight excluding hydrogens is 292 g/mol. The molecule has 0 heterocycles. The van der Waals surface area contributed by atoms with E-state index >= 15 is 0 Å². The van der Waals surface area contributed by atoms with Crippen LogP contribution in [-0.4, -0.2) is 51.8 Å². The molecule has 0 aliphatic heterocycles. The normalized spacial score (nSPS) is 11.1. The molecule has 0 spiro atoms. The van der Waals surface area contributed by atoms with E-state index in [-0.39, 0.29) is 29.7 Å². The summed E-state index contributed by atoms with van der Waals surface area (Å²) >= 11 is 0. The Bertz CT molecular complexity index is 635. The zero-order valence-corrected chi connectivity index (χ0v) is 12.9. The van der Waals surface area contributed by atoms with Crippen LogP contribution in [0.5, 0.6) is 0 Å². The lowest BCUT2D eigenvalue weighted by Crippen LogP contribution is -2.31. The summed E-state index contributed by atoms with van der Waals surface area (Å²) in [7, 11) is -1.83. The van der Waals surface area contributed by atoms with Gasteiger partial charge in [0.1, 0.15) is 0 Å². The van der Waals surface area contributed by atoms with Crippen molar-refractivity contribution < 1.29 is 17.9 Å². The fraction of sp³-hybridized carbons (Fsp3) is 0.429. The van der Waals surface area contributed by atoms with Crippen molar-refractivity contribution in [3.8, 4) is 6.07 Å². The minimum atomic E-state index is -3.48. The molecule has 21 heavy (non-hydrogen) atoms. The molecule has 0 bridgehead atoms. The van der Waals surface area contributed by atoms with E-state index in [9.17, 15) is 13.2 Å². The number of nitriles is 1. The Morgan fingerprint density at radius 3 is 2.76 bits per heavy atom. The third kappa shape index (κ3) is 5.53. The number of benzene rings is 1.